The molecule has 2 heterocycles. The third-order valence-corrected chi connectivity index (χ3v) is 4.52. The Morgan fingerprint density at radius 1 is 1.18 bits per heavy atom. The van der Waals surface area contributed by atoms with Crippen molar-refractivity contribution in [2.24, 2.45) is 0 Å². The van der Waals surface area contributed by atoms with Gasteiger partial charge in [-0.05, 0) is 56.1 Å². The van der Waals surface area contributed by atoms with Crippen LogP contribution in [0.5, 0.6) is 0 Å². The van der Waals surface area contributed by atoms with Crippen molar-refractivity contribution in [1.29, 1.82) is 0 Å². The lowest BCUT2D eigenvalue weighted by Gasteiger charge is -2.25. The van der Waals surface area contributed by atoms with E-state index < -0.39 is 0 Å². The molecule has 0 bridgehead atoms. The van der Waals surface area contributed by atoms with Crippen LogP contribution in [0.2, 0.25) is 0 Å². The molecule has 0 radical (unpaired) electrons. The number of nitrogens with zero attached hydrogens (tertiary/aromatic N) is 3. The molecule has 116 valence electrons. The molecule has 1 aliphatic heterocycles. The Balaban J connectivity index is 1.75. The van der Waals surface area contributed by atoms with E-state index in [1.807, 2.05) is 6.07 Å². The van der Waals surface area contributed by atoms with Gasteiger partial charge in [0.05, 0.1) is 0 Å². The molecule has 0 aliphatic carbocycles. The van der Waals surface area contributed by atoms with E-state index in [1.165, 1.54) is 37.9 Å². The van der Waals surface area contributed by atoms with Gasteiger partial charge in [0.2, 0.25) is 0 Å². The van der Waals surface area contributed by atoms with Crippen LogP contribution in [0.25, 0.3) is 0 Å². The Morgan fingerprint density at radius 3 is 2.68 bits per heavy atom. The van der Waals surface area contributed by atoms with E-state index in [1.54, 1.807) is 0 Å². The minimum atomic E-state index is 0.559. The Morgan fingerprint density at radius 2 is 2.00 bits per heavy atom. The van der Waals surface area contributed by atoms with Gasteiger partial charge in [-0.1, -0.05) is 31.2 Å². The summed E-state index contributed by atoms with van der Waals surface area (Å²) < 4.78 is 0. The number of anilines is 2. The molecule has 22 heavy (non-hydrogen) atoms. The van der Waals surface area contributed by atoms with Gasteiger partial charge in [-0.2, -0.15) is 0 Å². The van der Waals surface area contributed by atoms with Gasteiger partial charge in [0.25, 0.3) is 0 Å². The fraction of sp³-hybridized carbons (Fsp3) is 0.421. The molecular weight excluding hydrogens is 270 g/mol. The first-order chi connectivity index (χ1) is 10.8. The van der Waals surface area contributed by atoms with Crippen LogP contribution in [0, 0.1) is 0 Å². The van der Waals surface area contributed by atoms with Gasteiger partial charge in [0, 0.05) is 25.0 Å². The van der Waals surface area contributed by atoms with Crippen molar-refractivity contribution in [3.8, 4) is 0 Å². The summed E-state index contributed by atoms with van der Waals surface area (Å²) in [5.74, 6) is 0.995. The third kappa shape index (κ3) is 3.14. The smallest absolute Gasteiger partial charge is 0.132 e. The van der Waals surface area contributed by atoms with Gasteiger partial charge >= 0.3 is 0 Å². The molecule has 2 aromatic rings. The zero-order chi connectivity index (χ0) is 15.4. The van der Waals surface area contributed by atoms with Crippen LogP contribution < -0.4 is 4.90 Å². The van der Waals surface area contributed by atoms with Crippen LogP contribution in [0.1, 0.15) is 37.8 Å². The minimum absolute atomic E-state index is 0.559. The maximum absolute atomic E-state index is 4.69. The highest BCUT2D eigenvalue weighted by Crippen LogP contribution is 2.32. The molecule has 1 aromatic carbocycles. The first-order valence-corrected chi connectivity index (χ1v) is 8.28. The number of benzene rings is 1. The third-order valence-electron chi connectivity index (χ3n) is 4.52. The Hall–Kier alpha value is -1.87. The Bertz CT molecular complexity index is 579. The monoisotopic (exact) mass is 295 g/mol. The van der Waals surface area contributed by atoms with Gasteiger partial charge in [-0.3, -0.25) is 4.90 Å². The average Bonchev–Trinajstić information content (AvgIpc) is 3.04. The van der Waals surface area contributed by atoms with Gasteiger partial charge < -0.3 is 4.90 Å². The Kier molecular flexibility index (Phi) is 4.74. The van der Waals surface area contributed by atoms with Crippen LogP contribution in [0.4, 0.5) is 11.5 Å². The molecule has 1 unspecified atom stereocenters. The van der Waals surface area contributed by atoms with Crippen LogP contribution in [-0.4, -0.2) is 30.0 Å². The summed E-state index contributed by atoms with van der Waals surface area (Å²) in [4.78, 5) is 9.42. The lowest BCUT2D eigenvalue weighted by atomic mass is 10.1. The summed E-state index contributed by atoms with van der Waals surface area (Å²) >= 11 is 0. The molecule has 0 saturated carbocycles. The first-order valence-electron chi connectivity index (χ1n) is 8.28. The number of pyridine rings is 1. The van der Waals surface area contributed by atoms with E-state index in [9.17, 15) is 0 Å². The van der Waals surface area contributed by atoms with Crippen molar-refractivity contribution < 1.29 is 0 Å². The number of aromatic nitrogens is 1. The van der Waals surface area contributed by atoms with Crippen LogP contribution in [0.15, 0.2) is 48.7 Å². The second-order valence-corrected chi connectivity index (χ2v) is 6.04. The molecule has 1 aromatic heterocycles. The van der Waals surface area contributed by atoms with Crippen LogP contribution in [0.3, 0.4) is 0 Å². The van der Waals surface area contributed by atoms with Crippen molar-refractivity contribution in [1.82, 2.24) is 9.88 Å². The summed E-state index contributed by atoms with van der Waals surface area (Å²) in [5, 5.41) is 0. The van der Waals surface area contributed by atoms with Gasteiger partial charge in [-0.15, -0.1) is 0 Å². The molecule has 1 aliphatic rings. The zero-order valence-corrected chi connectivity index (χ0v) is 13.6. The quantitative estimate of drug-likeness (QED) is 0.815. The summed E-state index contributed by atoms with van der Waals surface area (Å²) in [6.45, 7) is 4.67. The van der Waals surface area contributed by atoms with Crippen molar-refractivity contribution in [2.45, 2.75) is 32.2 Å². The highest BCUT2D eigenvalue weighted by molar-refractivity contribution is 5.58. The number of hydrogen-bond acceptors (Lipinski definition) is 3. The van der Waals surface area contributed by atoms with Gasteiger partial charge in [0.1, 0.15) is 5.82 Å². The average molecular weight is 295 g/mol. The van der Waals surface area contributed by atoms with E-state index >= 15 is 0 Å². The second-order valence-electron chi connectivity index (χ2n) is 6.04. The number of rotatable bonds is 5. The van der Waals surface area contributed by atoms with E-state index in [4.69, 9.17) is 4.98 Å². The molecule has 1 saturated heterocycles. The maximum atomic E-state index is 4.69. The summed E-state index contributed by atoms with van der Waals surface area (Å²) in [7, 11) is 2.07. The summed E-state index contributed by atoms with van der Waals surface area (Å²) in [5.41, 5.74) is 2.52. The molecule has 3 heteroatoms. The molecule has 3 rings (SSSR count). The predicted molar refractivity (Wildman–Crippen MR) is 92.6 cm³/mol. The van der Waals surface area contributed by atoms with E-state index in [0.717, 1.165) is 11.5 Å². The van der Waals surface area contributed by atoms with Crippen molar-refractivity contribution in [3.63, 3.8) is 0 Å². The molecule has 3 nitrogen and oxygen atoms in total. The summed E-state index contributed by atoms with van der Waals surface area (Å²) in [6.07, 6.45) is 5.85. The minimum Gasteiger partial charge on any atom is -0.329 e. The van der Waals surface area contributed by atoms with Gasteiger partial charge in [0.15, 0.2) is 0 Å². The van der Waals surface area contributed by atoms with E-state index in [2.05, 4.69) is 66.4 Å². The highest BCUT2D eigenvalue weighted by Gasteiger charge is 2.25. The highest BCUT2D eigenvalue weighted by atomic mass is 15.2. The standard InChI is InChI=1S/C19H25N3/c1-3-13-22-14-7-10-18(22)16-11-12-19(20-15-16)21(2)17-8-5-4-6-9-17/h4-6,8-9,11-12,15,18H,3,7,10,13-14H2,1-2H3. The van der Waals surface area contributed by atoms with Crippen molar-refractivity contribution in [3.05, 3.63) is 54.2 Å². The zero-order valence-electron chi connectivity index (χ0n) is 13.6. The lowest BCUT2D eigenvalue weighted by Crippen LogP contribution is -2.24. The molecule has 1 fully saturated rings. The first kappa shape index (κ1) is 15.0. The normalized spacial score (nSPS) is 18.5. The van der Waals surface area contributed by atoms with Crippen LogP contribution in [-0.2, 0) is 0 Å². The Labute approximate surface area is 133 Å². The lowest BCUT2D eigenvalue weighted by molar-refractivity contribution is 0.257. The van der Waals surface area contributed by atoms with Gasteiger partial charge in [-0.25, -0.2) is 4.98 Å². The molecular formula is C19H25N3. The fourth-order valence-electron chi connectivity index (χ4n) is 3.34. The van der Waals surface area contributed by atoms with Crippen molar-refractivity contribution >= 4 is 11.5 Å². The predicted octanol–water partition coefficient (Wildman–Crippen LogP) is 4.40. The van der Waals surface area contributed by atoms with E-state index in [-0.39, 0.29) is 0 Å². The SMILES string of the molecule is CCCN1CCCC1c1ccc(N(C)c2ccccc2)nc1. The fourth-order valence-corrected chi connectivity index (χ4v) is 3.34. The number of likely N-dealkylation sites (tertiary alicyclic amines) is 1. The number of para-hydroxylation sites is 1. The molecule has 0 spiro atoms. The van der Waals surface area contributed by atoms with E-state index in [0.29, 0.717) is 6.04 Å². The largest absolute Gasteiger partial charge is 0.329 e. The second kappa shape index (κ2) is 6.93. The molecule has 0 N–H and O–H groups in total. The van der Waals surface area contributed by atoms with Crippen LogP contribution >= 0.6 is 0 Å². The van der Waals surface area contributed by atoms with Crippen molar-refractivity contribution in [2.75, 3.05) is 25.0 Å². The molecule has 1 atom stereocenters. The molecule has 0 amide bonds. The summed E-state index contributed by atoms with van der Waals surface area (Å²) in [6, 6.07) is 15.3. The number of hydrogen-bond donors (Lipinski definition) is 0. The maximum Gasteiger partial charge on any atom is 0.132 e. The topological polar surface area (TPSA) is 19.4 Å².